The first-order chi connectivity index (χ1) is 12.8. The maximum absolute atomic E-state index is 12.9. The summed E-state index contributed by atoms with van der Waals surface area (Å²) in [6.07, 6.45) is 3.34. The van der Waals surface area contributed by atoms with Crippen molar-refractivity contribution >= 4 is 5.91 Å². The normalized spacial score (nSPS) is 16.7. The van der Waals surface area contributed by atoms with Crippen LogP contribution in [-0.4, -0.2) is 44.6 Å². The standard InChI is InChI=1S/C19H19N5O2/c1-26-16-10-9-14(12-20-16)19(25)24-11-5-8-15(24)18-21-17(22-23-18)13-6-3-2-4-7-13/h2-4,6-7,9-10,12,15H,5,8,11H2,1H3,(H,21,22,23)/t15-/m0/s1. The van der Waals surface area contributed by atoms with Crippen molar-refractivity contribution < 1.29 is 9.53 Å². The Kier molecular flexibility index (Phi) is 4.35. The van der Waals surface area contributed by atoms with Gasteiger partial charge in [-0.05, 0) is 18.9 Å². The monoisotopic (exact) mass is 349 g/mol. The molecule has 0 spiro atoms. The molecule has 3 aromatic rings. The molecule has 0 bridgehead atoms. The summed E-state index contributed by atoms with van der Waals surface area (Å²) < 4.78 is 5.05. The number of H-pyrrole nitrogens is 1. The molecule has 2 aromatic heterocycles. The average molecular weight is 349 g/mol. The Labute approximate surface area is 151 Å². The van der Waals surface area contributed by atoms with Gasteiger partial charge in [-0.25, -0.2) is 9.97 Å². The van der Waals surface area contributed by atoms with Crippen LogP contribution in [0.15, 0.2) is 48.7 Å². The quantitative estimate of drug-likeness (QED) is 0.783. The fourth-order valence-corrected chi connectivity index (χ4v) is 3.23. The van der Waals surface area contributed by atoms with Crippen molar-refractivity contribution in [1.82, 2.24) is 25.1 Å². The lowest BCUT2D eigenvalue weighted by Crippen LogP contribution is -2.31. The zero-order valence-corrected chi connectivity index (χ0v) is 14.4. The Morgan fingerprint density at radius 3 is 2.81 bits per heavy atom. The van der Waals surface area contributed by atoms with E-state index in [0.29, 0.717) is 23.8 Å². The number of benzene rings is 1. The second kappa shape index (κ2) is 6.95. The van der Waals surface area contributed by atoms with Gasteiger partial charge in [0.05, 0.1) is 18.7 Å². The van der Waals surface area contributed by atoms with E-state index in [0.717, 1.165) is 24.2 Å². The Morgan fingerprint density at radius 1 is 1.23 bits per heavy atom. The van der Waals surface area contributed by atoms with Crippen molar-refractivity contribution in [3.8, 4) is 17.3 Å². The molecule has 1 aliphatic rings. The van der Waals surface area contributed by atoms with Crippen molar-refractivity contribution in [1.29, 1.82) is 0 Å². The van der Waals surface area contributed by atoms with Crippen LogP contribution >= 0.6 is 0 Å². The number of hydrogen-bond acceptors (Lipinski definition) is 5. The molecule has 0 unspecified atom stereocenters. The van der Waals surface area contributed by atoms with Gasteiger partial charge in [-0.3, -0.25) is 9.89 Å². The van der Waals surface area contributed by atoms with E-state index in [1.165, 1.54) is 0 Å². The molecule has 7 heteroatoms. The first-order valence-corrected chi connectivity index (χ1v) is 8.55. The van der Waals surface area contributed by atoms with Crippen LogP contribution in [0.3, 0.4) is 0 Å². The van der Waals surface area contributed by atoms with Crippen LogP contribution in [0.5, 0.6) is 5.88 Å². The minimum Gasteiger partial charge on any atom is -0.481 e. The van der Waals surface area contributed by atoms with Crippen molar-refractivity contribution in [3.05, 3.63) is 60.0 Å². The predicted octanol–water partition coefficient (Wildman–Crippen LogP) is 2.85. The average Bonchev–Trinajstić information content (AvgIpc) is 3.37. The van der Waals surface area contributed by atoms with Crippen LogP contribution in [-0.2, 0) is 0 Å². The van der Waals surface area contributed by atoms with Gasteiger partial charge in [0.1, 0.15) is 5.82 Å². The summed E-state index contributed by atoms with van der Waals surface area (Å²) in [4.78, 5) is 23.5. The van der Waals surface area contributed by atoms with Crippen LogP contribution < -0.4 is 4.74 Å². The van der Waals surface area contributed by atoms with Gasteiger partial charge in [-0.15, -0.1) is 0 Å². The molecule has 0 aliphatic carbocycles. The number of rotatable bonds is 4. The minimum atomic E-state index is -0.102. The van der Waals surface area contributed by atoms with E-state index in [-0.39, 0.29) is 11.9 Å². The van der Waals surface area contributed by atoms with Gasteiger partial charge < -0.3 is 9.64 Å². The van der Waals surface area contributed by atoms with Crippen LogP contribution in [0.4, 0.5) is 0 Å². The number of carbonyl (C=O) groups excluding carboxylic acids is 1. The van der Waals surface area contributed by atoms with E-state index >= 15 is 0 Å². The fraction of sp³-hybridized carbons (Fsp3) is 0.263. The van der Waals surface area contributed by atoms with E-state index in [9.17, 15) is 4.79 Å². The number of aromatic amines is 1. The van der Waals surface area contributed by atoms with Crippen molar-refractivity contribution in [2.24, 2.45) is 0 Å². The number of aromatic nitrogens is 4. The first kappa shape index (κ1) is 16.3. The lowest BCUT2D eigenvalue weighted by atomic mass is 10.2. The summed E-state index contributed by atoms with van der Waals surface area (Å²) in [6.45, 7) is 0.691. The van der Waals surface area contributed by atoms with Gasteiger partial charge in [0.2, 0.25) is 5.88 Å². The number of nitrogens with zero attached hydrogens (tertiary/aromatic N) is 4. The first-order valence-electron chi connectivity index (χ1n) is 8.55. The topological polar surface area (TPSA) is 84.0 Å². The van der Waals surface area contributed by atoms with E-state index in [1.807, 2.05) is 35.2 Å². The maximum Gasteiger partial charge on any atom is 0.256 e. The van der Waals surface area contributed by atoms with Gasteiger partial charge in [-0.2, -0.15) is 5.10 Å². The molecule has 1 saturated heterocycles. The number of likely N-dealkylation sites (tertiary alicyclic amines) is 1. The summed E-state index contributed by atoms with van der Waals surface area (Å²) >= 11 is 0. The van der Waals surface area contributed by atoms with Crippen molar-refractivity contribution in [2.45, 2.75) is 18.9 Å². The lowest BCUT2D eigenvalue weighted by molar-refractivity contribution is 0.0729. The van der Waals surface area contributed by atoms with Gasteiger partial charge >= 0.3 is 0 Å². The number of pyridine rings is 1. The Balaban J connectivity index is 1.56. The summed E-state index contributed by atoms with van der Waals surface area (Å²) in [6, 6.07) is 13.1. The second-order valence-electron chi connectivity index (χ2n) is 6.16. The molecule has 1 amide bonds. The van der Waals surface area contributed by atoms with Gasteiger partial charge in [0, 0.05) is 24.4 Å². The number of amides is 1. The van der Waals surface area contributed by atoms with E-state index in [1.54, 1.807) is 25.4 Å². The maximum atomic E-state index is 12.9. The molecule has 0 radical (unpaired) electrons. The third-order valence-corrected chi connectivity index (χ3v) is 4.56. The molecule has 3 heterocycles. The SMILES string of the molecule is COc1ccc(C(=O)N2CCC[C@H]2c2nc(-c3ccccc3)n[nH]2)cn1. The highest BCUT2D eigenvalue weighted by atomic mass is 16.5. The Bertz CT molecular complexity index is 892. The molecule has 26 heavy (non-hydrogen) atoms. The van der Waals surface area contributed by atoms with E-state index < -0.39 is 0 Å². The third-order valence-electron chi connectivity index (χ3n) is 4.56. The zero-order valence-electron chi connectivity index (χ0n) is 14.4. The van der Waals surface area contributed by atoms with E-state index in [4.69, 9.17) is 4.74 Å². The lowest BCUT2D eigenvalue weighted by Gasteiger charge is -2.22. The summed E-state index contributed by atoms with van der Waals surface area (Å²) in [5, 5.41) is 7.33. The number of ether oxygens (including phenoxy) is 1. The van der Waals surface area contributed by atoms with Gasteiger partial charge in [0.25, 0.3) is 5.91 Å². The summed E-state index contributed by atoms with van der Waals surface area (Å²) in [7, 11) is 1.55. The largest absolute Gasteiger partial charge is 0.481 e. The zero-order chi connectivity index (χ0) is 17.9. The molecule has 1 aliphatic heterocycles. The van der Waals surface area contributed by atoms with Crippen LogP contribution in [0, 0.1) is 0 Å². The third kappa shape index (κ3) is 3.03. The van der Waals surface area contributed by atoms with Crippen LogP contribution in [0.1, 0.15) is 35.1 Å². The molecule has 4 rings (SSSR count). The molecular weight excluding hydrogens is 330 g/mol. The molecular formula is C19H19N5O2. The molecule has 1 aromatic carbocycles. The van der Waals surface area contributed by atoms with Gasteiger partial charge in [0.15, 0.2) is 5.82 Å². The number of methoxy groups -OCH3 is 1. The molecule has 132 valence electrons. The number of nitrogens with one attached hydrogen (secondary N) is 1. The second-order valence-corrected chi connectivity index (χ2v) is 6.16. The summed E-state index contributed by atoms with van der Waals surface area (Å²) in [5.74, 6) is 1.80. The highest BCUT2D eigenvalue weighted by Gasteiger charge is 2.33. The molecule has 0 saturated carbocycles. The highest BCUT2D eigenvalue weighted by Crippen LogP contribution is 2.32. The summed E-state index contributed by atoms with van der Waals surface area (Å²) in [5.41, 5.74) is 1.49. The molecule has 7 nitrogen and oxygen atoms in total. The molecule has 1 atom stereocenters. The Hall–Kier alpha value is -3.22. The fourth-order valence-electron chi connectivity index (χ4n) is 3.23. The number of carbonyl (C=O) groups is 1. The molecule has 1 N–H and O–H groups in total. The predicted molar refractivity (Wildman–Crippen MR) is 95.6 cm³/mol. The van der Waals surface area contributed by atoms with Crippen molar-refractivity contribution in [3.63, 3.8) is 0 Å². The van der Waals surface area contributed by atoms with Crippen molar-refractivity contribution in [2.75, 3.05) is 13.7 Å². The Morgan fingerprint density at radius 2 is 2.08 bits per heavy atom. The van der Waals surface area contributed by atoms with Crippen LogP contribution in [0.25, 0.3) is 11.4 Å². The highest BCUT2D eigenvalue weighted by molar-refractivity contribution is 5.94. The minimum absolute atomic E-state index is 0.0553. The van der Waals surface area contributed by atoms with Gasteiger partial charge in [-0.1, -0.05) is 30.3 Å². The van der Waals surface area contributed by atoms with Crippen LogP contribution in [0.2, 0.25) is 0 Å². The van der Waals surface area contributed by atoms with E-state index in [2.05, 4.69) is 20.2 Å². The molecule has 1 fully saturated rings. The smallest absolute Gasteiger partial charge is 0.256 e. The number of hydrogen-bond donors (Lipinski definition) is 1.